The van der Waals surface area contributed by atoms with Crippen molar-refractivity contribution in [2.45, 2.75) is 18.9 Å². The molecule has 0 bridgehead atoms. The van der Waals surface area contributed by atoms with Crippen molar-refractivity contribution < 1.29 is 9.18 Å². The van der Waals surface area contributed by atoms with Crippen LogP contribution in [-0.2, 0) is 11.2 Å². The Balaban J connectivity index is 1.48. The van der Waals surface area contributed by atoms with E-state index in [1.807, 2.05) is 4.90 Å². The van der Waals surface area contributed by atoms with Crippen LogP contribution in [0.2, 0.25) is 0 Å². The molecule has 24 heavy (non-hydrogen) atoms. The zero-order chi connectivity index (χ0) is 16.5. The molecule has 5 nitrogen and oxygen atoms in total. The van der Waals surface area contributed by atoms with Crippen LogP contribution in [0.3, 0.4) is 0 Å². The zero-order valence-electron chi connectivity index (χ0n) is 13.3. The molecule has 0 aliphatic carbocycles. The predicted molar refractivity (Wildman–Crippen MR) is 88.6 cm³/mol. The van der Waals surface area contributed by atoms with E-state index < -0.39 is 0 Å². The van der Waals surface area contributed by atoms with E-state index in [2.05, 4.69) is 21.4 Å². The summed E-state index contributed by atoms with van der Waals surface area (Å²) >= 11 is 0. The molecule has 2 aromatic rings. The van der Waals surface area contributed by atoms with Crippen LogP contribution < -0.4 is 5.32 Å². The van der Waals surface area contributed by atoms with Crippen LogP contribution in [0.5, 0.6) is 0 Å². The monoisotopic (exact) mass is 326 g/mol. The molecule has 1 amide bonds. The van der Waals surface area contributed by atoms with Gasteiger partial charge in [0, 0.05) is 31.7 Å². The van der Waals surface area contributed by atoms with Crippen LogP contribution in [0, 0.1) is 5.82 Å². The van der Waals surface area contributed by atoms with Gasteiger partial charge >= 0.3 is 0 Å². The molecule has 6 heteroatoms. The van der Waals surface area contributed by atoms with Gasteiger partial charge in [-0.3, -0.25) is 4.79 Å². The van der Waals surface area contributed by atoms with Crippen molar-refractivity contribution in [2.75, 3.05) is 19.6 Å². The fourth-order valence-corrected chi connectivity index (χ4v) is 3.40. The molecular formula is C18H19FN4O. The van der Waals surface area contributed by atoms with Crippen LogP contribution in [0.25, 0.3) is 5.57 Å². The molecule has 0 fully saturated rings. The van der Waals surface area contributed by atoms with Crippen LogP contribution >= 0.6 is 0 Å². The number of carbonyl (C=O) groups is 1. The maximum atomic E-state index is 13.0. The number of amides is 1. The largest absolute Gasteiger partial charge is 0.348 e. The number of fused-ring (bicyclic) bond motifs is 1. The lowest BCUT2D eigenvalue weighted by molar-refractivity contribution is -0.133. The number of hydrogen-bond donors (Lipinski definition) is 2. The third-order valence-electron chi connectivity index (χ3n) is 4.73. The molecule has 2 N–H and O–H groups in total. The topological polar surface area (TPSA) is 61.0 Å². The molecule has 4 rings (SSSR count). The number of rotatable bonds is 2. The molecule has 2 aliphatic rings. The number of H-pyrrole nitrogens is 1. The second-order valence-corrected chi connectivity index (χ2v) is 6.17. The third-order valence-corrected chi connectivity index (χ3v) is 4.73. The minimum Gasteiger partial charge on any atom is -0.348 e. The van der Waals surface area contributed by atoms with E-state index >= 15 is 0 Å². The minimum absolute atomic E-state index is 0.0671. The van der Waals surface area contributed by atoms with Crippen molar-refractivity contribution in [3.63, 3.8) is 0 Å². The molecule has 0 saturated carbocycles. The number of hydrogen-bond acceptors (Lipinski definition) is 3. The van der Waals surface area contributed by atoms with Gasteiger partial charge in [0.05, 0.1) is 12.0 Å². The maximum absolute atomic E-state index is 13.0. The number of halogens is 1. The van der Waals surface area contributed by atoms with Crippen LogP contribution in [0.1, 0.15) is 29.4 Å². The number of nitrogens with zero attached hydrogens (tertiary/aromatic N) is 2. The summed E-state index contributed by atoms with van der Waals surface area (Å²) in [6.07, 6.45) is 5.36. The first kappa shape index (κ1) is 15.1. The van der Waals surface area contributed by atoms with E-state index in [1.54, 1.807) is 18.5 Å². The molecule has 3 heterocycles. The fraction of sp³-hybridized carbons (Fsp3) is 0.333. The first-order valence-electron chi connectivity index (χ1n) is 8.21. The first-order valence-corrected chi connectivity index (χ1v) is 8.21. The van der Waals surface area contributed by atoms with Gasteiger partial charge in [-0.05, 0) is 29.7 Å². The number of imidazole rings is 1. The van der Waals surface area contributed by atoms with Crippen LogP contribution in [0.15, 0.2) is 36.7 Å². The lowest BCUT2D eigenvalue weighted by atomic mass is 9.98. The van der Waals surface area contributed by atoms with Gasteiger partial charge in [-0.25, -0.2) is 9.37 Å². The summed E-state index contributed by atoms with van der Waals surface area (Å²) in [4.78, 5) is 22.1. The van der Waals surface area contributed by atoms with Gasteiger partial charge in [0.2, 0.25) is 5.91 Å². The zero-order valence-corrected chi connectivity index (χ0v) is 13.3. The molecule has 124 valence electrons. The van der Waals surface area contributed by atoms with E-state index in [0.29, 0.717) is 13.1 Å². The van der Waals surface area contributed by atoms with Gasteiger partial charge in [-0.1, -0.05) is 18.2 Å². The summed E-state index contributed by atoms with van der Waals surface area (Å²) in [7, 11) is 0. The highest BCUT2D eigenvalue weighted by Gasteiger charge is 2.32. The third kappa shape index (κ3) is 2.73. The van der Waals surface area contributed by atoms with Crippen LogP contribution in [-0.4, -0.2) is 40.4 Å². The minimum atomic E-state index is -0.360. The highest BCUT2D eigenvalue weighted by atomic mass is 19.1. The Labute approximate surface area is 139 Å². The lowest BCUT2D eigenvalue weighted by Gasteiger charge is -2.31. The SMILES string of the molecule is O=C([C@@H]1NCCc2[nH]cnc21)N1CC=C(c2ccc(F)cc2)CC1. The number of aromatic nitrogens is 2. The number of benzene rings is 1. The molecule has 0 saturated heterocycles. The molecule has 1 aromatic heterocycles. The summed E-state index contributed by atoms with van der Waals surface area (Å²) in [5, 5.41) is 3.27. The molecule has 1 atom stereocenters. The van der Waals surface area contributed by atoms with Gasteiger partial charge in [-0.2, -0.15) is 0 Å². The predicted octanol–water partition coefficient (Wildman–Crippen LogP) is 2.05. The van der Waals surface area contributed by atoms with Gasteiger partial charge in [0.25, 0.3) is 0 Å². The summed E-state index contributed by atoms with van der Waals surface area (Å²) in [6.45, 7) is 2.01. The molecule has 0 spiro atoms. The highest BCUT2D eigenvalue weighted by Crippen LogP contribution is 2.26. The Kier molecular flexibility index (Phi) is 3.90. The Morgan fingerprint density at radius 2 is 2.08 bits per heavy atom. The molecule has 0 radical (unpaired) electrons. The average molecular weight is 326 g/mol. The first-order chi connectivity index (χ1) is 11.7. The van der Waals surface area contributed by atoms with Crippen molar-refractivity contribution in [2.24, 2.45) is 0 Å². The van der Waals surface area contributed by atoms with Crippen molar-refractivity contribution in [1.82, 2.24) is 20.2 Å². The van der Waals surface area contributed by atoms with Crippen molar-refractivity contribution in [3.05, 3.63) is 59.4 Å². The molecule has 1 aromatic carbocycles. The molecule has 2 aliphatic heterocycles. The Hall–Kier alpha value is -2.47. The number of carbonyl (C=O) groups excluding carboxylic acids is 1. The summed E-state index contributed by atoms with van der Waals surface area (Å²) in [5.74, 6) is -0.164. The number of nitrogens with one attached hydrogen (secondary N) is 2. The van der Waals surface area contributed by atoms with Gasteiger partial charge < -0.3 is 15.2 Å². The smallest absolute Gasteiger partial charge is 0.246 e. The second kappa shape index (κ2) is 6.20. The van der Waals surface area contributed by atoms with Gasteiger partial charge in [0.1, 0.15) is 11.9 Å². The Bertz CT molecular complexity index is 781. The molecular weight excluding hydrogens is 307 g/mol. The van der Waals surface area contributed by atoms with Crippen molar-refractivity contribution >= 4 is 11.5 Å². The standard InChI is InChI=1S/C18H19FN4O/c19-14-3-1-12(2-4-14)13-6-9-23(10-7-13)18(24)17-16-15(5-8-20-17)21-11-22-16/h1-4,6,11,17,20H,5,7-10H2,(H,21,22)/t17-/m1/s1. The van der Waals surface area contributed by atoms with Crippen molar-refractivity contribution in [3.8, 4) is 0 Å². The van der Waals surface area contributed by atoms with E-state index in [1.165, 1.54) is 12.1 Å². The quantitative estimate of drug-likeness (QED) is 0.888. The van der Waals surface area contributed by atoms with Crippen molar-refractivity contribution in [1.29, 1.82) is 0 Å². The van der Waals surface area contributed by atoms with Gasteiger partial charge in [0.15, 0.2) is 0 Å². The number of aromatic amines is 1. The highest BCUT2D eigenvalue weighted by molar-refractivity contribution is 5.84. The fourth-order valence-electron chi connectivity index (χ4n) is 3.40. The normalized spacial score (nSPS) is 20.5. The Morgan fingerprint density at radius 1 is 1.25 bits per heavy atom. The average Bonchev–Trinajstić information content (AvgIpc) is 3.11. The van der Waals surface area contributed by atoms with E-state index in [0.717, 1.165) is 41.9 Å². The van der Waals surface area contributed by atoms with Crippen LogP contribution in [0.4, 0.5) is 4.39 Å². The van der Waals surface area contributed by atoms with E-state index in [9.17, 15) is 9.18 Å². The molecule has 0 unspecified atom stereocenters. The van der Waals surface area contributed by atoms with E-state index in [4.69, 9.17) is 0 Å². The lowest BCUT2D eigenvalue weighted by Crippen LogP contribution is -2.45. The maximum Gasteiger partial charge on any atom is 0.246 e. The second-order valence-electron chi connectivity index (χ2n) is 6.17. The van der Waals surface area contributed by atoms with Gasteiger partial charge in [-0.15, -0.1) is 0 Å². The Morgan fingerprint density at radius 3 is 2.83 bits per heavy atom. The summed E-state index contributed by atoms with van der Waals surface area (Å²) in [5.41, 5.74) is 4.05. The summed E-state index contributed by atoms with van der Waals surface area (Å²) < 4.78 is 13.0. The summed E-state index contributed by atoms with van der Waals surface area (Å²) in [6, 6.07) is 6.16. The van der Waals surface area contributed by atoms with E-state index in [-0.39, 0.29) is 17.8 Å².